The molecule has 1 aliphatic rings. The lowest BCUT2D eigenvalue weighted by atomic mass is 9.85. The van der Waals surface area contributed by atoms with Crippen LogP contribution in [0, 0.1) is 0 Å². The van der Waals surface area contributed by atoms with Crippen LogP contribution >= 0.6 is 7.82 Å². The molecule has 1 rings (SSSR count). The van der Waals surface area contributed by atoms with Gasteiger partial charge in [0.2, 0.25) is 5.91 Å². The Morgan fingerprint density at radius 2 is 1.16 bits per heavy atom. The highest BCUT2D eigenvalue weighted by Gasteiger charge is 2.51. The summed E-state index contributed by atoms with van der Waals surface area (Å²) in [5, 5.41) is 73.9. The summed E-state index contributed by atoms with van der Waals surface area (Å²) in [5.74, 6) is -0.607. The lowest BCUT2D eigenvalue weighted by Crippen LogP contribution is -2.64. The minimum atomic E-state index is -5.13. The van der Waals surface area contributed by atoms with Crippen LogP contribution in [0.15, 0.2) is 24.3 Å². The van der Waals surface area contributed by atoms with E-state index in [1.165, 1.54) is 63.9 Å². The maximum absolute atomic E-state index is 12.9. The molecule has 0 spiro atoms. The topological polar surface area (TPSA) is 226 Å². The molecule has 0 aromatic heterocycles. The van der Waals surface area contributed by atoms with Crippen LogP contribution in [0.2, 0.25) is 0 Å². The van der Waals surface area contributed by atoms with E-state index in [0.717, 1.165) is 51.4 Å². The van der Waals surface area contributed by atoms with Crippen molar-refractivity contribution >= 4 is 13.7 Å². The lowest BCUT2D eigenvalue weighted by molar-refractivity contribution is -0.220. The first kappa shape index (κ1) is 47.8. The van der Waals surface area contributed by atoms with Crippen molar-refractivity contribution in [1.29, 1.82) is 0 Å². The number of carbonyl (C=O) groups excluding carboxylic acids is 1. The fraction of sp³-hybridized carbons (Fsp3) is 0.865. The molecule has 1 fully saturated rings. The highest BCUT2D eigenvalue weighted by Crippen LogP contribution is 2.47. The van der Waals surface area contributed by atoms with E-state index in [0.29, 0.717) is 12.8 Å². The smallest absolute Gasteiger partial charge is 0.393 e. The van der Waals surface area contributed by atoms with Crippen LogP contribution in [-0.2, 0) is 18.4 Å². The predicted octanol–water partition coefficient (Wildman–Crippen LogP) is 4.47. The Labute approximate surface area is 305 Å². The van der Waals surface area contributed by atoms with Gasteiger partial charge < -0.3 is 46.0 Å². The van der Waals surface area contributed by atoms with Crippen molar-refractivity contribution in [2.45, 2.75) is 197 Å². The fourth-order valence-corrected chi connectivity index (χ4v) is 6.99. The molecule has 0 radical (unpaired) electrons. The SMILES string of the molecule is CCCCC/C=C/CC/C=C/C(O)C(COP(=O)(O)OC1C(O)C(O)C(O)C(O)C1O)NC(=O)CC(O)CCCCCCCCCCCCCC. The fourth-order valence-electron chi connectivity index (χ4n) is 6.02. The molecular formula is C37H70NO12P. The van der Waals surface area contributed by atoms with Crippen LogP contribution in [0.3, 0.4) is 0 Å². The first-order valence-corrected chi connectivity index (χ1v) is 20.9. The van der Waals surface area contributed by atoms with Crippen molar-refractivity contribution in [2.75, 3.05) is 6.61 Å². The van der Waals surface area contributed by atoms with Crippen LogP contribution in [0.4, 0.5) is 0 Å². The molecule has 0 heterocycles. The van der Waals surface area contributed by atoms with Crippen LogP contribution in [0.25, 0.3) is 0 Å². The van der Waals surface area contributed by atoms with E-state index >= 15 is 0 Å². The van der Waals surface area contributed by atoms with Gasteiger partial charge in [0.1, 0.15) is 36.6 Å². The number of amides is 1. The van der Waals surface area contributed by atoms with Gasteiger partial charge in [-0.3, -0.25) is 13.8 Å². The Hall–Kier alpha value is -1.22. The number of aliphatic hydroxyl groups excluding tert-OH is 7. The van der Waals surface area contributed by atoms with E-state index in [1.807, 2.05) is 6.08 Å². The molecule has 8 unspecified atom stereocenters. The van der Waals surface area contributed by atoms with Crippen molar-refractivity contribution in [3.63, 3.8) is 0 Å². The van der Waals surface area contributed by atoms with Gasteiger partial charge in [0.15, 0.2) is 0 Å². The van der Waals surface area contributed by atoms with Crippen molar-refractivity contribution < 1.29 is 59.0 Å². The largest absolute Gasteiger partial charge is 0.472 e. The van der Waals surface area contributed by atoms with Crippen molar-refractivity contribution in [1.82, 2.24) is 5.32 Å². The molecule has 1 saturated carbocycles. The van der Waals surface area contributed by atoms with E-state index in [9.17, 15) is 50.0 Å². The average molecular weight is 752 g/mol. The summed E-state index contributed by atoms with van der Waals surface area (Å²) in [6.45, 7) is 3.62. The molecule has 0 aromatic rings. The zero-order valence-corrected chi connectivity index (χ0v) is 31.9. The molecule has 51 heavy (non-hydrogen) atoms. The summed E-state index contributed by atoms with van der Waals surface area (Å²) in [6.07, 6.45) is 13.1. The molecule has 14 heteroatoms. The Balaban J connectivity index is 2.65. The Bertz CT molecular complexity index is 985. The monoisotopic (exact) mass is 751 g/mol. The Morgan fingerprint density at radius 3 is 1.73 bits per heavy atom. The second-order valence-electron chi connectivity index (χ2n) is 14.0. The average Bonchev–Trinajstić information content (AvgIpc) is 3.09. The van der Waals surface area contributed by atoms with Crippen LogP contribution in [0.1, 0.15) is 142 Å². The van der Waals surface area contributed by atoms with Gasteiger partial charge in [-0.05, 0) is 32.1 Å². The van der Waals surface area contributed by atoms with Gasteiger partial charge in [-0.25, -0.2) is 4.57 Å². The van der Waals surface area contributed by atoms with Gasteiger partial charge >= 0.3 is 7.82 Å². The summed E-state index contributed by atoms with van der Waals surface area (Å²) in [6, 6.07) is -1.25. The number of phosphoric acid groups is 1. The Morgan fingerprint density at radius 1 is 0.686 bits per heavy atom. The standard InChI is InChI=1S/C37H70NO12P/c1-3-5-7-9-11-13-14-15-17-18-20-22-24-28(39)26-31(41)38-29(30(40)25-23-21-19-16-12-10-8-6-4-2)27-49-51(47,48)50-37-35(45)33(43)32(42)34(44)36(37)46/h12,16,23,25,28-30,32-37,39-40,42-46H,3-11,13-15,17-22,24,26-27H2,1-2H3,(H,38,41)(H,47,48)/b16-12+,25-23+. The maximum Gasteiger partial charge on any atom is 0.472 e. The highest BCUT2D eigenvalue weighted by molar-refractivity contribution is 7.47. The molecule has 0 bridgehead atoms. The molecule has 0 saturated heterocycles. The predicted molar refractivity (Wildman–Crippen MR) is 197 cm³/mol. The number of hydrogen-bond donors (Lipinski definition) is 9. The number of carbonyl (C=O) groups is 1. The van der Waals surface area contributed by atoms with E-state index in [2.05, 4.69) is 25.2 Å². The molecule has 0 aromatic carbocycles. The zero-order chi connectivity index (χ0) is 38.1. The number of phosphoric ester groups is 1. The van der Waals surface area contributed by atoms with Crippen molar-refractivity contribution in [3.05, 3.63) is 24.3 Å². The van der Waals surface area contributed by atoms with Gasteiger partial charge in [0, 0.05) is 0 Å². The van der Waals surface area contributed by atoms with E-state index in [1.54, 1.807) is 6.08 Å². The summed E-state index contributed by atoms with van der Waals surface area (Å²) >= 11 is 0. The highest BCUT2D eigenvalue weighted by atomic mass is 31.2. The second kappa shape index (κ2) is 28.3. The molecule has 1 aliphatic carbocycles. The molecule has 13 nitrogen and oxygen atoms in total. The Kier molecular flexibility index (Phi) is 26.5. The number of unbranched alkanes of at least 4 members (excludes halogenated alkanes) is 15. The van der Waals surface area contributed by atoms with Crippen LogP contribution in [0.5, 0.6) is 0 Å². The van der Waals surface area contributed by atoms with Crippen molar-refractivity contribution in [3.8, 4) is 0 Å². The van der Waals surface area contributed by atoms with E-state index in [4.69, 9.17) is 9.05 Å². The number of hydrogen-bond acceptors (Lipinski definition) is 11. The first-order chi connectivity index (χ1) is 24.3. The maximum atomic E-state index is 12.9. The first-order valence-electron chi connectivity index (χ1n) is 19.4. The summed E-state index contributed by atoms with van der Waals surface area (Å²) in [7, 11) is -5.13. The third-order valence-corrected chi connectivity index (χ3v) is 10.3. The normalized spacial score (nSPS) is 25.6. The number of allylic oxidation sites excluding steroid dienone is 3. The van der Waals surface area contributed by atoms with E-state index in [-0.39, 0.29) is 6.42 Å². The van der Waals surface area contributed by atoms with Crippen LogP contribution in [-0.4, -0.2) is 108 Å². The molecule has 300 valence electrons. The molecular weight excluding hydrogens is 681 g/mol. The quantitative estimate of drug-likeness (QED) is 0.0282. The third-order valence-electron chi connectivity index (χ3n) is 9.29. The van der Waals surface area contributed by atoms with Gasteiger partial charge in [-0.2, -0.15) is 0 Å². The zero-order valence-electron chi connectivity index (χ0n) is 31.0. The molecule has 9 N–H and O–H groups in total. The van der Waals surface area contributed by atoms with E-state index < -0.39 is 75.2 Å². The number of nitrogens with one attached hydrogen (secondary N) is 1. The molecule has 1 amide bonds. The second-order valence-corrected chi connectivity index (χ2v) is 15.4. The molecule has 8 atom stereocenters. The number of aliphatic hydroxyl groups is 7. The van der Waals surface area contributed by atoms with Gasteiger partial charge in [0.25, 0.3) is 0 Å². The van der Waals surface area contributed by atoms with Crippen molar-refractivity contribution in [2.24, 2.45) is 0 Å². The molecule has 0 aliphatic heterocycles. The number of rotatable bonds is 30. The minimum absolute atomic E-state index is 0.250. The van der Waals surface area contributed by atoms with Crippen LogP contribution < -0.4 is 5.32 Å². The van der Waals surface area contributed by atoms with Gasteiger partial charge in [0.05, 0.1) is 31.3 Å². The summed E-state index contributed by atoms with van der Waals surface area (Å²) < 4.78 is 22.7. The minimum Gasteiger partial charge on any atom is -0.393 e. The lowest BCUT2D eigenvalue weighted by Gasteiger charge is -2.41. The van der Waals surface area contributed by atoms with Gasteiger partial charge in [-0.1, -0.05) is 128 Å². The summed E-state index contributed by atoms with van der Waals surface area (Å²) in [4.78, 5) is 23.2. The third kappa shape index (κ3) is 21.3. The summed E-state index contributed by atoms with van der Waals surface area (Å²) in [5.41, 5.74) is 0. The van der Waals surface area contributed by atoms with Gasteiger partial charge in [-0.15, -0.1) is 0 Å².